The fourth-order valence-electron chi connectivity index (χ4n) is 4.40. The van der Waals surface area contributed by atoms with Gasteiger partial charge in [-0.2, -0.15) is 0 Å². The molecule has 2 aliphatic heterocycles. The minimum atomic E-state index is -1.75. The number of aromatic amines is 1. The van der Waals surface area contributed by atoms with Gasteiger partial charge in [-0.15, -0.1) is 0 Å². The molecule has 0 aromatic heterocycles. The van der Waals surface area contributed by atoms with Gasteiger partial charge in [0.1, 0.15) is 13.9 Å². The fourth-order valence-corrected chi connectivity index (χ4v) is 10.9. The molecule has 0 fully saturated rings. The van der Waals surface area contributed by atoms with E-state index in [0.29, 0.717) is 16.6 Å². The molecule has 0 aliphatic carbocycles. The normalized spacial score (nSPS) is 12.6. The second kappa shape index (κ2) is 6.47. The first-order chi connectivity index (χ1) is 10.7. The van der Waals surface area contributed by atoms with Crippen molar-refractivity contribution in [2.24, 2.45) is 0 Å². The lowest BCUT2D eigenvalue weighted by Gasteiger charge is -2.41. The van der Waals surface area contributed by atoms with Crippen molar-refractivity contribution in [1.82, 2.24) is 9.97 Å². The smallest absolute Gasteiger partial charge is 0.221 e. The standard InChI is InChI=1S/C18H29N3OSi/c1-11(2)23(12(3)4,13(5)6)17-9-15-8-16(20-14(7)22)10-19-18(15)21-17/h8-13H,1-7H3,(H,19,21)(H,20,22). The summed E-state index contributed by atoms with van der Waals surface area (Å²) in [6.45, 7) is 15.6. The van der Waals surface area contributed by atoms with E-state index in [-0.39, 0.29) is 5.91 Å². The first-order valence-corrected chi connectivity index (χ1v) is 10.7. The van der Waals surface area contributed by atoms with Crippen molar-refractivity contribution in [2.45, 2.75) is 65.1 Å². The lowest BCUT2D eigenvalue weighted by molar-refractivity contribution is -0.114. The van der Waals surface area contributed by atoms with Crippen LogP contribution in [0.3, 0.4) is 0 Å². The van der Waals surface area contributed by atoms with Crippen LogP contribution < -0.4 is 10.6 Å². The molecule has 2 aliphatic rings. The highest BCUT2D eigenvalue weighted by atomic mass is 28.3. The van der Waals surface area contributed by atoms with Gasteiger partial charge < -0.3 is 10.3 Å². The average molecular weight is 332 g/mol. The molecule has 4 nitrogen and oxygen atoms in total. The molecule has 0 aromatic rings. The van der Waals surface area contributed by atoms with Gasteiger partial charge in [0.15, 0.2) is 0 Å². The van der Waals surface area contributed by atoms with E-state index < -0.39 is 8.07 Å². The maximum Gasteiger partial charge on any atom is 0.221 e. The maximum atomic E-state index is 11.2. The number of hydrogen-bond acceptors (Lipinski definition) is 2. The summed E-state index contributed by atoms with van der Waals surface area (Å²) in [5, 5.41) is 4.11. The minimum Gasteiger partial charge on any atom is -0.344 e. The summed E-state index contributed by atoms with van der Waals surface area (Å²) < 4.78 is 0. The van der Waals surface area contributed by atoms with E-state index in [9.17, 15) is 4.79 Å². The predicted molar refractivity (Wildman–Crippen MR) is 100 cm³/mol. The highest BCUT2D eigenvalue weighted by Gasteiger charge is 2.46. The number of hydrogen-bond donors (Lipinski definition) is 2. The van der Waals surface area contributed by atoms with Crippen LogP contribution in [0.2, 0.25) is 16.6 Å². The fraction of sp³-hybridized carbons (Fsp3) is 0.556. The van der Waals surface area contributed by atoms with Gasteiger partial charge in [-0.1, -0.05) is 41.5 Å². The molecule has 0 aromatic carbocycles. The summed E-state index contributed by atoms with van der Waals surface area (Å²) in [7, 11) is -1.75. The Morgan fingerprint density at radius 3 is 2.13 bits per heavy atom. The number of rotatable bonds is 5. The Kier molecular flexibility index (Phi) is 4.99. The van der Waals surface area contributed by atoms with Gasteiger partial charge >= 0.3 is 0 Å². The SMILES string of the molecule is CC(=O)Nc1c[nH]c2nc([Si](C(C)C)(C(C)C)C(C)C)cc-2c1. The molecule has 2 rings (SSSR count). The Hall–Kier alpha value is -1.62. The van der Waals surface area contributed by atoms with Crippen LogP contribution in [0.25, 0.3) is 11.4 Å². The zero-order chi connectivity index (χ0) is 17.4. The summed E-state index contributed by atoms with van der Waals surface area (Å²) in [4.78, 5) is 19.4. The Labute approximate surface area is 140 Å². The summed E-state index contributed by atoms with van der Waals surface area (Å²) in [5.74, 6) is 0.848. The molecule has 0 saturated carbocycles. The molecular weight excluding hydrogens is 302 g/mol. The number of carbonyl (C=O) groups is 1. The van der Waals surface area contributed by atoms with Crippen LogP contribution in [0.15, 0.2) is 18.3 Å². The van der Waals surface area contributed by atoms with E-state index in [1.165, 1.54) is 12.2 Å². The molecule has 0 radical (unpaired) electrons. The van der Waals surface area contributed by atoms with Crippen LogP contribution in [0, 0.1) is 0 Å². The Bertz CT molecular complexity index is 639. The molecular formula is C18H29N3OSi. The van der Waals surface area contributed by atoms with Crippen LogP contribution in [0.5, 0.6) is 0 Å². The molecule has 1 amide bonds. The average Bonchev–Trinajstić information content (AvgIpc) is 2.79. The first-order valence-electron chi connectivity index (χ1n) is 8.46. The van der Waals surface area contributed by atoms with Crippen LogP contribution in [-0.4, -0.2) is 23.9 Å². The second-order valence-corrected chi connectivity index (χ2v) is 13.3. The van der Waals surface area contributed by atoms with Crippen molar-refractivity contribution in [3.8, 4) is 11.4 Å². The summed E-state index contributed by atoms with van der Waals surface area (Å²) in [5.41, 5.74) is 3.74. The number of anilines is 1. The maximum absolute atomic E-state index is 11.2. The number of nitrogens with one attached hydrogen (secondary N) is 2. The largest absolute Gasteiger partial charge is 0.344 e. The lowest BCUT2D eigenvalue weighted by atomic mass is 10.2. The number of fused-ring (bicyclic) bond motifs is 1. The van der Waals surface area contributed by atoms with Gasteiger partial charge in [0.25, 0.3) is 0 Å². The third-order valence-corrected chi connectivity index (χ3v) is 12.0. The number of amides is 1. The molecule has 0 atom stereocenters. The van der Waals surface area contributed by atoms with Crippen molar-refractivity contribution in [3.63, 3.8) is 0 Å². The highest BCUT2D eigenvalue weighted by Crippen LogP contribution is 2.41. The molecule has 126 valence electrons. The number of aromatic nitrogens is 2. The van der Waals surface area contributed by atoms with Gasteiger partial charge in [-0.25, -0.2) is 4.98 Å². The van der Waals surface area contributed by atoms with E-state index >= 15 is 0 Å². The van der Waals surface area contributed by atoms with Gasteiger partial charge in [-0.05, 0) is 28.8 Å². The summed E-state index contributed by atoms with van der Waals surface area (Å²) in [6, 6.07) is 4.24. The quantitative estimate of drug-likeness (QED) is 0.800. The number of pyridine rings is 1. The zero-order valence-electron chi connectivity index (χ0n) is 15.3. The molecule has 23 heavy (non-hydrogen) atoms. The van der Waals surface area contributed by atoms with E-state index in [1.807, 2.05) is 12.3 Å². The van der Waals surface area contributed by atoms with Crippen LogP contribution >= 0.6 is 0 Å². The number of carbonyl (C=O) groups excluding carboxylic acids is 1. The zero-order valence-corrected chi connectivity index (χ0v) is 16.3. The molecule has 5 heteroatoms. The van der Waals surface area contributed by atoms with Crippen molar-refractivity contribution in [2.75, 3.05) is 5.32 Å². The number of H-pyrrole nitrogens is 1. The Morgan fingerprint density at radius 2 is 1.65 bits per heavy atom. The topological polar surface area (TPSA) is 57.8 Å². The van der Waals surface area contributed by atoms with Crippen LogP contribution in [0.1, 0.15) is 48.5 Å². The van der Waals surface area contributed by atoms with Crippen LogP contribution in [-0.2, 0) is 4.79 Å². The Balaban J connectivity index is 2.58. The van der Waals surface area contributed by atoms with E-state index in [0.717, 1.165) is 17.1 Å². The molecule has 0 saturated heterocycles. The first kappa shape index (κ1) is 17.7. The summed E-state index contributed by atoms with van der Waals surface area (Å²) >= 11 is 0. The van der Waals surface area contributed by atoms with Crippen molar-refractivity contribution in [1.29, 1.82) is 0 Å². The van der Waals surface area contributed by atoms with Gasteiger partial charge in [0, 0.05) is 24.0 Å². The lowest BCUT2D eigenvalue weighted by Crippen LogP contribution is -2.56. The molecule has 2 heterocycles. The van der Waals surface area contributed by atoms with Crippen LogP contribution in [0.4, 0.5) is 5.69 Å². The molecule has 0 unspecified atom stereocenters. The van der Waals surface area contributed by atoms with Gasteiger partial charge in [0.05, 0.1) is 5.69 Å². The number of nitrogens with zero attached hydrogens (tertiary/aromatic N) is 1. The van der Waals surface area contributed by atoms with Crippen molar-refractivity contribution < 1.29 is 4.79 Å². The predicted octanol–water partition coefficient (Wildman–Crippen LogP) is 4.36. The highest BCUT2D eigenvalue weighted by molar-refractivity contribution is 6.94. The van der Waals surface area contributed by atoms with Crippen molar-refractivity contribution in [3.05, 3.63) is 18.3 Å². The summed E-state index contributed by atoms with van der Waals surface area (Å²) in [6.07, 6.45) is 1.81. The minimum absolute atomic E-state index is 0.0623. The monoisotopic (exact) mass is 331 g/mol. The van der Waals surface area contributed by atoms with Gasteiger partial charge in [0.2, 0.25) is 5.91 Å². The second-order valence-electron chi connectivity index (χ2n) is 7.41. The third kappa shape index (κ3) is 3.07. The van der Waals surface area contributed by atoms with Gasteiger partial charge in [-0.3, -0.25) is 4.79 Å². The van der Waals surface area contributed by atoms with E-state index in [2.05, 4.69) is 57.9 Å². The van der Waals surface area contributed by atoms with E-state index in [1.54, 1.807) is 0 Å². The Morgan fingerprint density at radius 1 is 1.09 bits per heavy atom. The van der Waals surface area contributed by atoms with E-state index in [4.69, 9.17) is 4.98 Å². The molecule has 0 bridgehead atoms. The molecule has 0 spiro atoms. The molecule has 2 N–H and O–H groups in total. The third-order valence-electron chi connectivity index (χ3n) is 5.10. The van der Waals surface area contributed by atoms with Crippen molar-refractivity contribution >= 4 is 25.0 Å².